The molecule has 0 saturated carbocycles. The van der Waals surface area contributed by atoms with E-state index in [4.69, 9.17) is 21.4 Å². The second-order valence-electron chi connectivity index (χ2n) is 4.46. The largest absolute Gasteiger partial charge is 0.496 e. The van der Waals surface area contributed by atoms with E-state index in [2.05, 4.69) is 4.99 Å². The van der Waals surface area contributed by atoms with Crippen LogP contribution in [0.15, 0.2) is 41.4 Å². The lowest BCUT2D eigenvalue weighted by atomic mass is 10.1. The van der Waals surface area contributed by atoms with Gasteiger partial charge in [0.1, 0.15) is 11.3 Å². The highest BCUT2D eigenvalue weighted by Crippen LogP contribution is 2.23. The van der Waals surface area contributed by atoms with Gasteiger partial charge in [-0.15, -0.1) is 0 Å². The van der Waals surface area contributed by atoms with Gasteiger partial charge in [0, 0.05) is 11.2 Å². The van der Waals surface area contributed by atoms with E-state index in [1.54, 1.807) is 24.4 Å². The molecule has 0 atom stereocenters. The zero-order valence-electron chi connectivity index (χ0n) is 11.6. The summed E-state index contributed by atoms with van der Waals surface area (Å²) < 4.78 is 5.01. The molecule has 0 amide bonds. The molecule has 108 valence electrons. The summed E-state index contributed by atoms with van der Waals surface area (Å²) >= 11 is 6.03. The van der Waals surface area contributed by atoms with Gasteiger partial charge in [-0.2, -0.15) is 0 Å². The van der Waals surface area contributed by atoms with E-state index in [1.807, 2.05) is 19.1 Å². The first kappa shape index (κ1) is 15.1. The summed E-state index contributed by atoms with van der Waals surface area (Å²) in [6, 6.07) is 10.3. The van der Waals surface area contributed by atoms with Crippen molar-refractivity contribution in [3.05, 3.63) is 58.1 Å². The van der Waals surface area contributed by atoms with Crippen molar-refractivity contribution in [2.45, 2.75) is 6.92 Å². The van der Waals surface area contributed by atoms with E-state index < -0.39 is 5.97 Å². The Hall–Kier alpha value is -2.33. The van der Waals surface area contributed by atoms with Gasteiger partial charge in [-0.25, -0.2) is 4.79 Å². The molecule has 0 aromatic heterocycles. The third-order valence-electron chi connectivity index (χ3n) is 2.97. The van der Waals surface area contributed by atoms with Crippen LogP contribution in [0.3, 0.4) is 0 Å². The second-order valence-corrected chi connectivity index (χ2v) is 4.86. The van der Waals surface area contributed by atoms with Crippen LogP contribution in [0.25, 0.3) is 0 Å². The maximum Gasteiger partial charge on any atom is 0.339 e. The standard InChI is InChI=1S/C16H14ClNO3/c1-10-3-5-12(8-14(10)17)18-9-11-4-6-15(21-2)13(7-11)16(19)20/h3-9H,1-2H3,(H,19,20). The molecule has 0 unspecified atom stereocenters. The minimum atomic E-state index is -1.04. The maximum atomic E-state index is 11.1. The number of methoxy groups -OCH3 is 1. The zero-order valence-corrected chi connectivity index (χ0v) is 12.4. The zero-order chi connectivity index (χ0) is 15.4. The molecule has 0 aliphatic heterocycles. The fourth-order valence-electron chi connectivity index (χ4n) is 1.78. The van der Waals surface area contributed by atoms with Gasteiger partial charge in [0.05, 0.1) is 12.8 Å². The Morgan fingerprint density at radius 3 is 2.67 bits per heavy atom. The van der Waals surface area contributed by atoms with Crippen molar-refractivity contribution in [1.82, 2.24) is 0 Å². The van der Waals surface area contributed by atoms with Crippen LogP contribution in [0.1, 0.15) is 21.5 Å². The average molecular weight is 304 g/mol. The number of benzene rings is 2. The normalized spacial score (nSPS) is 10.8. The number of hydrogen-bond donors (Lipinski definition) is 1. The lowest BCUT2D eigenvalue weighted by Crippen LogP contribution is -2.01. The number of aromatic carboxylic acids is 1. The van der Waals surface area contributed by atoms with Crippen molar-refractivity contribution >= 4 is 29.5 Å². The molecule has 2 rings (SSSR count). The minimum Gasteiger partial charge on any atom is -0.496 e. The molecule has 5 heteroatoms. The fraction of sp³-hybridized carbons (Fsp3) is 0.125. The van der Waals surface area contributed by atoms with Crippen molar-refractivity contribution in [2.75, 3.05) is 7.11 Å². The fourth-order valence-corrected chi connectivity index (χ4v) is 1.96. The highest BCUT2D eigenvalue weighted by atomic mass is 35.5. The van der Waals surface area contributed by atoms with Gasteiger partial charge in [-0.1, -0.05) is 17.7 Å². The van der Waals surface area contributed by atoms with Gasteiger partial charge in [-0.3, -0.25) is 4.99 Å². The van der Waals surface area contributed by atoms with E-state index in [0.29, 0.717) is 22.0 Å². The summed E-state index contributed by atoms with van der Waals surface area (Å²) in [7, 11) is 1.43. The molecule has 0 spiro atoms. The van der Waals surface area contributed by atoms with Gasteiger partial charge in [0.2, 0.25) is 0 Å². The first-order valence-corrected chi connectivity index (χ1v) is 6.60. The molecule has 0 aliphatic carbocycles. The number of carbonyl (C=O) groups is 1. The van der Waals surface area contributed by atoms with Crippen molar-refractivity contribution in [1.29, 1.82) is 0 Å². The van der Waals surface area contributed by atoms with Crippen LogP contribution >= 0.6 is 11.6 Å². The Morgan fingerprint density at radius 1 is 1.29 bits per heavy atom. The third-order valence-corrected chi connectivity index (χ3v) is 3.38. The summed E-state index contributed by atoms with van der Waals surface area (Å²) in [6.07, 6.45) is 1.59. The molecular weight excluding hydrogens is 290 g/mol. The lowest BCUT2D eigenvalue weighted by molar-refractivity contribution is 0.0693. The Kier molecular flexibility index (Phi) is 4.60. The van der Waals surface area contributed by atoms with Crippen LogP contribution in [-0.4, -0.2) is 24.4 Å². The first-order chi connectivity index (χ1) is 10.0. The van der Waals surface area contributed by atoms with Crippen molar-refractivity contribution in [3.8, 4) is 5.75 Å². The Morgan fingerprint density at radius 2 is 2.05 bits per heavy atom. The van der Waals surface area contributed by atoms with Crippen LogP contribution in [0, 0.1) is 6.92 Å². The smallest absolute Gasteiger partial charge is 0.339 e. The molecule has 0 saturated heterocycles. The van der Waals surface area contributed by atoms with Gasteiger partial charge in [0.25, 0.3) is 0 Å². The van der Waals surface area contributed by atoms with E-state index in [1.165, 1.54) is 13.2 Å². The maximum absolute atomic E-state index is 11.1. The van der Waals surface area contributed by atoms with E-state index >= 15 is 0 Å². The quantitative estimate of drug-likeness (QED) is 0.865. The minimum absolute atomic E-state index is 0.100. The van der Waals surface area contributed by atoms with Crippen LogP contribution in [-0.2, 0) is 0 Å². The molecule has 0 heterocycles. The monoisotopic (exact) mass is 303 g/mol. The molecule has 0 radical (unpaired) electrons. The molecule has 0 fully saturated rings. The Labute approximate surface area is 127 Å². The number of carboxylic acids is 1. The summed E-state index contributed by atoms with van der Waals surface area (Å²) in [5.74, 6) is -0.724. The molecule has 4 nitrogen and oxygen atoms in total. The van der Waals surface area contributed by atoms with E-state index in [9.17, 15) is 4.79 Å². The lowest BCUT2D eigenvalue weighted by Gasteiger charge is -2.05. The summed E-state index contributed by atoms with van der Waals surface area (Å²) in [5.41, 5.74) is 2.46. The number of aryl methyl sites for hydroxylation is 1. The average Bonchev–Trinajstić information content (AvgIpc) is 2.48. The number of hydrogen-bond acceptors (Lipinski definition) is 3. The number of nitrogens with zero attached hydrogens (tertiary/aromatic N) is 1. The predicted octanol–water partition coefficient (Wildman–Crippen LogP) is 4.11. The third kappa shape index (κ3) is 3.61. The van der Waals surface area contributed by atoms with Crippen LogP contribution in [0.4, 0.5) is 5.69 Å². The molecule has 2 aromatic rings. The number of carboxylic acid groups (broad SMARTS) is 1. The molecule has 1 N–H and O–H groups in total. The van der Waals surface area contributed by atoms with Crippen LogP contribution in [0.5, 0.6) is 5.75 Å². The van der Waals surface area contributed by atoms with Crippen LogP contribution < -0.4 is 4.74 Å². The second kappa shape index (κ2) is 6.41. The van der Waals surface area contributed by atoms with Gasteiger partial charge in [-0.05, 0) is 48.4 Å². The topological polar surface area (TPSA) is 58.9 Å². The number of ether oxygens (including phenoxy) is 1. The Bertz CT molecular complexity index is 711. The van der Waals surface area contributed by atoms with Crippen LogP contribution in [0.2, 0.25) is 5.02 Å². The molecular formula is C16H14ClNO3. The molecule has 21 heavy (non-hydrogen) atoms. The van der Waals surface area contributed by atoms with Gasteiger partial charge >= 0.3 is 5.97 Å². The summed E-state index contributed by atoms with van der Waals surface area (Å²) in [5, 5.41) is 9.78. The number of halogens is 1. The number of rotatable bonds is 4. The van der Waals surface area contributed by atoms with Gasteiger partial charge < -0.3 is 9.84 Å². The first-order valence-electron chi connectivity index (χ1n) is 6.23. The number of aliphatic imine (C=N–C) groups is 1. The van der Waals surface area contributed by atoms with Gasteiger partial charge in [0.15, 0.2) is 0 Å². The highest BCUT2D eigenvalue weighted by molar-refractivity contribution is 6.31. The molecule has 0 bridgehead atoms. The van der Waals surface area contributed by atoms with Crippen molar-refractivity contribution in [2.24, 2.45) is 4.99 Å². The van der Waals surface area contributed by atoms with Crippen molar-refractivity contribution < 1.29 is 14.6 Å². The van der Waals surface area contributed by atoms with Crippen molar-refractivity contribution in [3.63, 3.8) is 0 Å². The van der Waals surface area contributed by atoms with E-state index in [-0.39, 0.29) is 5.56 Å². The SMILES string of the molecule is COc1ccc(C=Nc2ccc(C)c(Cl)c2)cc1C(=O)O. The Balaban J connectivity index is 2.30. The highest BCUT2D eigenvalue weighted by Gasteiger charge is 2.10. The summed E-state index contributed by atoms with van der Waals surface area (Å²) in [4.78, 5) is 15.4. The molecule has 0 aliphatic rings. The predicted molar refractivity (Wildman–Crippen MR) is 83.4 cm³/mol. The molecule has 2 aromatic carbocycles. The summed E-state index contributed by atoms with van der Waals surface area (Å²) in [6.45, 7) is 1.92. The van der Waals surface area contributed by atoms with E-state index in [0.717, 1.165) is 5.56 Å².